The highest BCUT2D eigenvalue weighted by Crippen LogP contribution is 2.66. The molecule has 0 amide bonds. The quantitative estimate of drug-likeness (QED) is 0.381. The van der Waals surface area contributed by atoms with E-state index in [1.165, 1.54) is 21.7 Å². The average molecular weight is 478 g/mol. The summed E-state index contributed by atoms with van der Waals surface area (Å²) in [5.41, 5.74) is 9.90. The Hall–Kier alpha value is -2.33. The van der Waals surface area contributed by atoms with Crippen molar-refractivity contribution in [3.8, 4) is 0 Å². The van der Waals surface area contributed by atoms with Crippen LogP contribution in [0.15, 0.2) is 77.0 Å². The molecular formula is C26H26N2OPS2+. The van der Waals surface area contributed by atoms with Crippen LogP contribution in [0, 0.1) is 6.92 Å². The Morgan fingerprint density at radius 3 is 2.38 bits per heavy atom. The van der Waals surface area contributed by atoms with Crippen LogP contribution in [-0.4, -0.2) is 22.7 Å². The zero-order chi connectivity index (χ0) is 22.5. The number of nitrogens with zero attached hydrogens (tertiary/aromatic N) is 1. The largest absolute Gasteiger partial charge is 0.391 e. The molecule has 0 radical (unpaired) electrons. The Balaban J connectivity index is 1.90. The van der Waals surface area contributed by atoms with E-state index >= 15 is 4.57 Å². The molecule has 5 rings (SSSR count). The first kappa shape index (κ1) is 21.5. The van der Waals surface area contributed by atoms with Gasteiger partial charge in [0.2, 0.25) is 5.04 Å². The second kappa shape index (κ2) is 8.22. The number of aryl methyl sites for hydroxylation is 1. The molecular weight excluding hydrogens is 451 g/mol. The van der Waals surface area contributed by atoms with Crippen molar-refractivity contribution in [3.05, 3.63) is 93.0 Å². The van der Waals surface area contributed by atoms with E-state index < -0.39 is 7.14 Å². The topological polar surface area (TPSA) is 46.1 Å². The predicted molar refractivity (Wildman–Crippen MR) is 141 cm³/mol. The average Bonchev–Trinajstić information content (AvgIpc) is 3.41. The summed E-state index contributed by atoms with van der Waals surface area (Å²) >= 11 is 3.31. The molecule has 162 valence electrons. The minimum atomic E-state index is -3.04. The number of hydrogen-bond donors (Lipinski definition) is 1. The highest BCUT2D eigenvalue weighted by molar-refractivity contribution is 8.19. The fraction of sp³-hybridized carbons (Fsp3) is 0.192. The van der Waals surface area contributed by atoms with Gasteiger partial charge >= 0.3 is 0 Å². The molecule has 2 N–H and O–H groups in total. The van der Waals surface area contributed by atoms with Gasteiger partial charge in [-0.1, -0.05) is 54.6 Å². The lowest BCUT2D eigenvalue weighted by molar-refractivity contribution is -0.517. The second-order valence-corrected chi connectivity index (χ2v) is 12.8. The molecule has 0 spiro atoms. The third-order valence-corrected chi connectivity index (χ3v) is 11.8. The van der Waals surface area contributed by atoms with Gasteiger partial charge in [0.1, 0.15) is 13.1 Å². The SMILES string of the molecule is CC[N+](CC)=C1C=C2C(=C(c3ccccc3C)c3sc(N)cc3P2(=O)c2ccccc2)S1. The molecule has 3 aromatic rings. The molecule has 3 nitrogen and oxygen atoms in total. The molecule has 2 aliphatic heterocycles. The Bertz CT molecular complexity index is 1360. The smallest absolute Gasteiger partial charge is 0.240 e. The van der Waals surface area contributed by atoms with Crippen molar-refractivity contribution < 1.29 is 9.14 Å². The second-order valence-electron chi connectivity index (χ2n) is 7.97. The zero-order valence-corrected chi connectivity index (χ0v) is 21.0. The number of thiophene rings is 1. The van der Waals surface area contributed by atoms with Crippen molar-refractivity contribution in [1.29, 1.82) is 0 Å². The van der Waals surface area contributed by atoms with E-state index in [1.807, 2.05) is 36.4 Å². The van der Waals surface area contributed by atoms with Crippen molar-refractivity contribution in [1.82, 2.24) is 0 Å². The Labute approximate surface area is 197 Å². The minimum Gasteiger partial charge on any atom is -0.391 e. The lowest BCUT2D eigenvalue weighted by Crippen LogP contribution is -2.22. The summed E-state index contributed by atoms with van der Waals surface area (Å²) in [6.07, 6.45) is 2.18. The maximum Gasteiger partial charge on any atom is 0.240 e. The van der Waals surface area contributed by atoms with E-state index in [-0.39, 0.29) is 0 Å². The van der Waals surface area contributed by atoms with Crippen LogP contribution in [0.1, 0.15) is 29.9 Å². The number of benzene rings is 2. The number of anilines is 1. The number of allylic oxidation sites excluding steroid dienone is 1. The maximum atomic E-state index is 15.1. The Morgan fingerprint density at radius 1 is 1.00 bits per heavy atom. The van der Waals surface area contributed by atoms with Crippen molar-refractivity contribution >= 4 is 56.5 Å². The molecule has 0 fully saturated rings. The van der Waals surface area contributed by atoms with Crippen molar-refractivity contribution in [2.45, 2.75) is 20.8 Å². The van der Waals surface area contributed by atoms with E-state index in [2.05, 4.69) is 55.7 Å². The molecule has 3 heterocycles. The zero-order valence-electron chi connectivity index (χ0n) is 18.5. The van der Waals surface area contributed by atoms with Gasteiger partial charge in [0, 0.05) is 37.4 Å². The van der Waals surface area contributed by atoms with Crippen LogP contribution in [0.5, 0.6) is 0 Å². The summed E-state index contributed by atoms with van der Waals surface area (Å²) in [6.45, 7) is 8.31. The minimum absolute atomic E-state index is 0.705. The van der Waals surface area contributed by atoms with Gasteiger partial charge in [-0.2, -0.15) is 0 Å². The van der Waals surface area contributed by atoms with Crippen molar-refractivity contribution in [2.75, 3.05) is 18.8 Å². The van der Waals surface area contributed by atoms with Gasteiger partial charge in [0.05, 0.1) is 5.00 Å². The van der Waals surface area contributed by atoms with Gasteiger partial charge in [-0.3, -0.25) is 0 Å². The van der Waals surface area contributed by atoms with Gasteiger partial charge in [-0.15, -0.1) is 11.3 Å². The number of rotatable bonds is 4. The summed E-state index contributed by atoms with van der Waals surface area (Å²) in [7, 11) is -3.04. The van der Waals surface area contributed by atoms with Gasteiger partial charge in [-0.25, -0.2) is 4.58 Å². The monoisotopic (exact) mass is 477 g/mol. The number of fused-ring (bicyclic) bond motifs is 2. The van der Waals surface area contributed by atoms with Crippen molar-refractivity contribution in [3.63, 3.8) is 0 Å². The van der Waals surface area contributed by atoms with Gasteiger partial charge < -0.3 is 10.3 Å². The molecule has 0 aliphatic carbocycles. The van der Waals surface area contributed by atoms with E-state index in [0.29, 0.717) is 5.00 Å². The summed E-state index contributed by atoms with van der Waals surface area (Å²) in [5, 5.41) is 4.56. The molecule has 1 unspecified atom stereocenters. The number of thioether (sulfide) groups is 1. The van der Waals surface area contributed by atoms with Crippen LogP contribution < -0.4 is 16.3 Å². The third-order valence-electron chi connectivity index (χ3n) is 6.17. The van der Waals surface area contributed by atoms with Gasteiger partial charge in [0.25, 0.3) is 0 Å². The molecule has 32 heavy (non-hydrogen) atoms. The van der Waals surface area contributed by atoms with Gasteiger partial charge in [-0.05, 0) is 49.7 Å². The van der Waals surface area contributed by atoms with Crippen molar-refractivity contribution in [2.24, 2.45) is 0 Å². The molecule has 0 saturated heterocycles. The van der Waals surface area contributed by atoms with Crippen LogP contribution in [0.25, 0.3) is 5.57 Å². The van der Waals surface area contributed by atoms with E-state index in [1.54, 1.807) is 23.1 Å². The van der Waals surface area contributed by atoms with Gasteiger partial charge in [0.15, 0.2) is 7.14 Å². The van der Waals surface area contributed by atoms with Crippen LogP contribution in [0.4, 0.5) is 5.00 Å². The lowest BCUT2D eigenvalue weighted by atomic mass is 9.98. The summed E-state index contributed by atoms with van der Waals surface area (Å²) in [5.74, 6) is 0. The van der Waals surface area contributed by atoms with Crippen LogP contribution >= 0.6 is 30.2 Å². The van der Waals surface area contributed by atoms with Crippen LogP contribution in [0.3, 0.4) is 0 Å². The van der Waals surface area contributed by atoms with E-state index in [9.17, 15) is 0 Å². The summed E-state index contributed by atoms with van der Waals surface area (Å²) < 4.78 is 17.4. The lowest BCUT2D eigenvalue weighted by Gasteiger charge is -2.28. The number of nitrogen functional groups attached to an aromatic ring is 1. The third kappa shape index (κ3) is 3.18. The van der Waals surface area contributed by atoms with E-state index in [4.69, 9.17) is 5.73 Å². The molecule has 2 aromatic carbocycles. The molecule has 0 saturated carbocycles. The molecule has 1 atom stereocenters. The molecule has 2 aliphatic rings. The summed E-state index contributed by atoms with van der Waals surface area (Å²) in [6, 6.07) is 20.3. The first-order valence-electron chi connectivity index (χ1n) is 10.9. The highest BCUT2D eigenvalue weighted by Gasteiger charge is 2.47. The summed E-state index contributed by atoms with van der Waals surface area (Å²) in [4.78, 5) is 2.16. The van der Waals surface area contributed by atoms with Crippen LogP contribution in [-0.2, 0) is 4.57 Å². The Kier molecular flexibility index (Phi) is 5.53. The molecule has 6 heteroatoms. The first-order chi connectivity index (χ1) is 15.5. The fourth-order valence-corrected chi connectivity index (χ4v) is 10.8. The Morgan fingerprint density at radius 2 is 1.69 bits per heavy atom. The number of hydrogen-bond acceptors (Lipinski definition) is 4. The maximum absolute atomic E-state index is 15.1. The molecule has 0 bridgehead atoms. The fourth-order valence-electron chi connectivity index (χ4n) is 4.53. The highest BCUT2D eigenvalue weighted by atomic mass is 32.2. The predicted octanol–water partition coefficient (Wildman–Crippen LogP) is 5.81. The first-order valence-corrected chi connectivity index (χ1v) is 14.2. The van der Waals surface area contributed by atoms with E-state index in [0.717, 1.165) is 38.8 Å². The normalized spacial score (nSPS) is 19.6. The van der Waals surface area contributed by atoms with Crippen LogP contribution in [0.2, 0.25) is 0 Å². The standard InChI is InChI=1S/C26H25N2OPS2/c1-4-28(5-2)23-16-21-26(32-23)24(19-14-10-9-11-17(19)3)25-20(15-22(27)31-25)30(21,29)18-12-7-6-8-13-18/h6-16,27H,4-5H2,1-3H3/p+1. The molecule has 1 aromatic heterocycles. The number of nitrogens with two attached hydrogens (primary N) is 1.